The zero-order chi connectivity index (χ0) is 11.5. The van der Waals surface area contributed by atoms with Crippen LogP contribution in [-0.4, -0.2) is 25.5 Å². The summed E-state index contributed by atoms with van der Waals surface area (Å²) in [4.78, 5) is 10.6. The predicted molar refractivity (Wildman–Crippen MR) is 64.9 cm³/mol. The Morgan fingerprint density at radius 3 is 2.53 bits per heavy atom. The van der Waals surface area contributed by atoms with Crippen molar-refractivity contribution in [3.63, 3.8) is 0 Å². The molecule has 15 heavy (non-hydrogen) atoms. The SMILES string of the molecule is CCCCC(CC)CNCCNC(C)=O. The van der Waals surface area contributed by atoms with Gasteiger partial charge in [-0.2, -0.15) is 0 Å². The fourth-order valence-electron chi connectivity index (χ4n) is 1.58. The predicted octanol–water partition coefficient (Wildman–Crippen LogP) is 1.93. The molecule has 0 aromatic heterocycles. The number of carbonyl (C=O) groups excluding carboxylic acids is 1. The molecule has 1 unspecified atom stereocenters. The number of amides is 1. The topological polar surface area (TPSA) is 41.1 Å². The van der Waals surface area contributed by atoms with E-state index in [1.54, 1.807) is 6.92 Å². The van der Waals surface area contributed by atoms with Gasteiger partial charge in [-0.3, -0.25) is 4.79 Å². The molecule has 0 aliphatic rings. The standard InChI is InChI=1S/C12H26N2O/c1-4-6-7-12(5-2)10-13-8-9-14-11(3)15/h12-13H,4-10H2,1-3H3,(H,14,15). The average molecular weight is 214 g/mol. The fraction of sp³-hybridized carbons (Fsp3) is 0.917. The van der Waals surface area contributed by atoms with Crippen LogP contribution in [0.3, 0.4) is 0 Å². The van der Waals surface area contributed by atoms with Crippen LogP contribution in [0.4, 0.5) is 0 Å². The van der Waals surface area contributed by atoms with Crippen LogP contribution < -0.4 is 10.6 Å². The highest BCUT2D eigenvalue weighted by Crippen LogP contribution is 2.10. The highest BCUT2D eigenvalue weighted by Gasteiger charge is 2.04. The molecule has 1 atom stereocenters. The van der Waals surface area contributed by atoms with E-state index in [1.165, 1.54) is 25.7 Å². The van der Waals surface area contributed by atoms with Crippen molar-refractivity contribution in [1.29, 1.82) is 0 Å². The Labute approximate surface area is 94.0 Å². The van der Waals surface area contributed by atoms with Crippen LogP contribution in [0, 0.1) is 5.92 Å². The minimum atomic E-state index is 0.0508. The molecule has 0 bridgehead atoms. The average Bonchev–Trinajstić information content (AvgIpc) is 2.21. The Morgan fingerprint density at radius 2 is 2.00 bits per heavy atom. The number of unbranched alkanes of at least 4 members (excludes halogenated alkanes) is 1. The summed E-state index contributed by atoms with van der Waals surface area (Å²) in [5.41, 5.74) is 0. The molecule has 0 aromatic rings. The molecule has 0 aliphatic carbocycles. The molecule has 1 amide bonds. The Balaban J connectivity index is 3.33. The quantitative estimate of drug-likeness (QED) is 0.576. The maximum atomic E-state index is 10.6. The van der Waals surface area contributed by atoms with Crippen molar-refractivity contribution in [2.24, 2.45) is 5.92 Å². The van der Waals surface area contributed by atoms with E-state index in [4.69, 9.17) is 0 Å². The first kappa shape index (κ1) is 14.4. The molecule has 3 heteroatoms. The summed E-state index contributed by atoms with van der Waals surface area (Å²) >= 11 is 0. The maximum absolute atomic E-state index is 10.6. The second-order valence-electron chi connectivity index (χ2n) is 4.10. The van der Waals surface area contributed by atoms with Crippen molar-refractivity contribution in [2.45, 2.75) is 46.5 Å². The molecule has 90 valence electrons. The minimum absolute atomic E-state index is 0.0508. The summed E-state index contributed by atoms with van der Waals surface area (Å²) in [5, 5.41) is 6.16. The molecule has 0 aliphatic heterocycles. The molecule has 0 heterocycles. The van der Waals surface area contributed by atoms with Crippen molar-refractivity contribution in [3.8, 4) is 0 Å². The van der Waals surface area contributed by atoms with Crippen LogP contribution in [0.2, 0.25) is 0 Å². The summed E-state index contributed by atoms with van der Waals surface area (Å²) in [7, 11) is 0. The Kier molecular flexibility index (Phi) is 9.59. The second kappa shape index (κ2) is 9.97. The van der Waals surface area contributed by atoms with E-state index in [-0.39, 0.29) is 5.91 Å². The summed E-state index contributed by atoms with van der Waals surface area (Å²) in [6, 6.07) is 0. The first-order chi connectivity index (χ1) is 7.20. The van der Waals surface area contributed by atoms with E-state index in [9.17, 15) is 4.79 Å². The van der Waals surface area contributed by atoms with Crippen LogP contribution in [0.15, 0.2) is 0 Å². The zero-order valence-electron chi connectivity index (χ0n) is 10.4. The van der Waals surface area contributed by atoms with Gasteiger partial charge in [0.05, 0.1) is 0 Å². The third-order valence-electron chi connectivity index (χ3n) is 2.65. The lowest BCUT2D eigenvalue weighted by Gasteiger charge is -2.15. The lowest BCUT2D eigenvalue weighted by molar-refractivity contribution is -0.118. The van der Waals surface area contributed by atoms with Crippen molar-refractivity contribution < 1.29 is 4.79 Å². The fourth-order valence-corrected chi connectivity index (χ4v) is 1.58. The van der Waals surface area contributed by atoms with Gasteiger partial charge in [0.2, 0.25) is 5.91 Å². The molecular formula is C12H26N2O. The lowest BCUT2D eigenvalue weighted by Crippen LogP contribution is -2.32. The molecular weight excluding hydrogens is 188 g/mol. The van der Waals surface area contributed by atoms with Gasteiger partial charge in [-0.15, -0.1) is 0 Å². The highest BCUT2D eigenvalue weighted by atomic mass is 16.1. The Hall–Kier alpha value is -0.570. The van der Waals surface area contributed by atoms with Crippen LogP contribution in [-0.2, 0) is 4.79 Å². The molecule has 0 aromatic carbocycles. The van der Waals surface area contributed by atoms with Gasteiger partial charge in [0, 0.05) is 20.0 Å². The first-order valence-corrected chi connectivity index (χ1v) is 6.15. The van der Waals surface area contributed by atoms with Crippen molar-refractivity contribution in [3.05, 3.63) is 0 Å². The normalized spacial score (nSPS) is 12.5. The van der Waals surface area contributed by atoms with Crippen molar-refractivity contribution in [1.82, 2.24) is 10.6 Å². The molecule has 0 rings (SSSR count). The number of rotatable bonds is 9. The third-order valence-corrected chi connectivity index (χ3v) is 2.65. The van der Waals surface area contributed by atoms with E-state index in [2.05, 4.69) is 24.5 Å². The zero-order valence-corrected chi connectivity index (χ0v) is 10.4. The van der Waals surface area contributed by atoms with Gasteiger partial charge in [-0.25, -0.2) is 0 Å². The van der Waals surface area contributed by atoms with Crippen molar-refractivity contribution in [2.75, 3.05) is 19.6 Å². The highest BCUT2D eigenvalue weighted by molar-refractivity contribution is 5.72. The summed E-state index contributed by atoms with van der Waals surface area (Å²) in [6.45, 7) is 8.72. The molecule has 0 spiro atoms. The van der Waals surface area contributed by atoms with Gasteiger partial charge in [0.15, 0.2) is 0 Å². The molecule has 0 saturated carbocycles. The Bertz CT molecular complexity index is 160. The largest absolute Gasteiger partial charge is 0.355 e. The van der Waals surface area contributed by atoms with E-state index in [0.717, 1.165) is 25.6 Å². The minimum Gasteiger partial charge on any atom is -0.355 e. The van der Waals surface area contributed by atoms with Crippen LogP contribution in [0.25, 0.3) is 0 Å². The van der Waals surface area contributed by atoms with Gasteiger partial charge in [0.25, 0.3) is 0 Å². The molecule has 0 radical (unpaired) electrons. The Morgan fingerprint density at radius 1 is 1.27 bits per heavy atom. The van der Waals surface area contributed by atoms with Crippen LogP contribution in [0.5, 0.6) is 0 Å². The molecule has 3 nitrogen and oxygen atoms in total. The first-order valence-electron chi connectivity index (χ1n) is 6.15. The van der Waals surface area contributed by atoms with E-state index < -0.39 is 0 Å². The summed E-state index contributed by atoms with van der Waals surface area (Å²) in [5.74, 6) is 0.845. The molecule has 0 saturated heterocycles. The third kappa shape index (κ3) is 9.73. The smallest absolute Gasteiger partial charge is 0.216 e. The number of hydrogen-bond donors (Lipinski definition) is 2. The second-order valence-corrected chi connectivity index (χ2v) is 4.10. The van der Waals surface area contributed by atoms with Crippen molar-refractivity contribution >= 4 is 5.91 Å². The maximum Gasteiger partial charge on any atom is 0.216 e. The summed E-state index contributed by atoms with van der Waals surface area (Å²) < 4.78 is 0. The van der Waals surface area contributed by atoms with Gasteiger partial charge in [-0.1, -0.05) is 33.1 Å². The van der Waals surface area contributed by atoms with Gasteiger partial charge in [-0.05, 0) is 18.9 Å². The molecule has 0 fully saturated rings. The van der Waals surface area contributed by atoms with Gasteiger partial charge in [0.1, 0.15) is 0 Å². The van der Waals surface area contributed by atoms with E-state index in [0.29, 0.717) is 0 Å². The number of nitrogens with one attached hydrogen (secondary N) is 2. The van der Waals surface area contributed by atoms with Gasteiger partial charge >= 0.3 is 0 Å². The lowest BCUT2D eigenvalue weighted by atomic mass is 9.99. The van der Waals surface area contributed by atoms with Crippen LogP contribution >= 0.6 is 0 Å². The monoisotopic (exact) mass is 214 g/mol. The van der Waals surface area contributed by atoms with E-state index >= 15 is 0 Å². The van der Waals surface area contributed by atoms with Crippen LogP contribution in [0.1, 0.15) is 46.5 Å². The number of hydrogen-bond acceptors (Lipinski definition) is 2. The summed E-state index contributed by atoms with van der Waals surface area (Å²) in [6.07, 6.45) is 5.17. The van der Waals surface area contributed by atoms with E-state index in [1.807, 2.05) is 0 Å². The number of carbonyl (C=O) groups is 1. The van der Waals surface area contributed by atoms with Gasteiger partial charge < -0.3 is 10.6 Å². The molecule has 2 N–H and O–H groups in total.